The van der Waals surface area contributed by atoms with Gasteiger partial charge in [0, 0.05) is 5.56 Å². The highest BCUT2D eigenvalue weighted by Gasteiger charge is 2.38. The van der Waals surface area contributed by atoms with E-state index in [0.717, 1.165) is 15.7 Å². The van der Waals surface area contributed by atoms with Gasteiger partial charge in [0.1, 0.15) is 0 Å². The molecule has 0 unspecified atom stereocenters. The molecule has 0 aliphatic rings. The minimum Gasteiger partial charge on any atom is -0.305 e. The summed E-state index contributed by atoms with van der Waals surface area (Å²) in [5.74, 6) is -1.06. The topological polar surface area (TPSA) is 72.7 Å². The summed E-state index contributed by atoms with van der Waals surface area (Å²) in [7, 11) is 0. The lowest BCUT2D eigenvalue weighted by Gasteiger charge is -2.11. The fourth-order valence-corrected chi connectivity index (χ4v) is 3.32. The molecule has 0 aliphatic heterocycles. The zero-order chi connectivity index (χ0) is 23.0. The molecular formula is C23H20F3N5O. The van der Waals surface area contributed by atoms with Crippen LogP contribution >= 0.6 is 0 Å². The van der Waals surface area contributed by atoms with Crippen LogP contribution in [0.5, 0.6) is 0 Å². The first-order valence-corrected chi connectivity index (χ1v) is 9.93. The molecule has 1 N–H and O–H groups in total. The van der Waals surface area contributed by atoms with E-state index in [0.29, 0.717) is 11.5 Å². The van der Waals surface area contributed by atoms with Gasteiger partial charge in [-0.15, -0.1) is 0 Å². The number of fused-ring (bicyclic) bond motifs is 1. The van der Waals surface area contributed by atoms with Gasteiger partial charge < -0.3 is 5.32 Å². The van der Waals surface area contributed by atoms with Crippen LogP contribution in [-0.2, 0) is 6.18 Å². The molecular weight excluding hydrogens is 419 g/mol. The van der Waals surface area contributed by atoms with Crippen LogP contribution in [0.1, 0.15) is 47.1 Å². The third-order valence-corrected chi connectivity index (χ3v) is 5.01. The van der Waals surface area contributed by atoms with Crippen molar-refractivity contribution in [3.8, 4) is 5.82 Å². The highest BCUT2D eigenvalue weighted by atomic mass is 19.4. The molecule has 9 heteroatoms. The van der Waals surface area contributed by atoms with E-state index >= 15 is 0 Å². The largest absolute Gasteiger partial charge is 0.450 e. The Kier molecular flexibility index (Phi) is 5.41. The summed E-state index contributed by atoms with van der Waals surface area (Å²) in [6, 6.07) is 12.0. The molecule has 0 radical (unpaired) electrons. The van der Waals surface area contributed by atoms with Crippen LogP contribution in [0, 0.1) is 6.92 Å². The lowest BCUT2D eigenvalue weighted by Crippen LogP contribution is -2.16. The van der Waals surface area contributed by atoms with Gasteiger partial charge in [-0.3, -0.25) is 9.36 Å². The maximum absolute atomic E-state index is 13.6. The van der Waals surface area contributed by atoms with Crippen molar-refractivity contribution in [3.63, 3.8) is 0 Å². The number of carbonyl (C=O) groups is 1. The summed E-state index contributed by atoms with van der Waals surface area (Å²) in [6.45, 7) is 5.89. The molecule has 0 fully saturated rings. The molecule has 0 spiro atoms. The minimum atomic E-state index is -4.68. The van der Waals surface area contributed by atoms with Gasteiger partial charge in [-0.25, -0.2) is 15.0 Å². The van der Waals surface area contributed by atoms with E-state index in [1.807, 2.05) is 12.1 Å². The molecule has 0 saturated heterocycles. The molecule has 4 rings (SSSR count). The molecule has 0 saturated carbocycles. The number of nitrogens with zero attached hydrogens (tertiary/aromatic N) is 4. The van der Waals surface area contributed by atoms with E-state index in [2.05, 4.69) is 34.1 Å². The number of hydrogen-bond acceptors (Lipinski definition) is 4. The second-order valence-corrected chi connectivity index (χ2v) is 7.75. The van der Waals surface area contributed by atoms with Crippen molar-refractivity contribution in [3.05, 3.63) is 77.4 Å². The Morgan fingerprint density at radius 3 is 2.34 bits per heavy atom. The molecule has 2 aromatic carbocycles. The van der Waals surface area contributed by atoms with Crippen molar-refractivity contribution >= 4 is 22.8 Å². The lowest BCUT2D eigenvalue weighted by atomic mass is 10.0. The standard InChI is InChI=1S/C23H20F3N5O/c1-13(2)15-5-7-16(8-6-15)21(32)30-19-11-28-20(12-27-19)31-18-9-4-14(3)10-17(18)29-22(31)23(24,25)26/h4-13H,1-3H3,(H,27,30,32). The minimum absolute atomic E-state index is 0.0528. The molecule has 0 aliphatic carbocycles. The summed E-state index contributed by atoms with van der Waals surface area (Å²) in [5, 5.41) is 2.61. The molecule has 164 valence electrons. The van der Waals surface area contributed by atoms with E-state index in [9.17, 15) is 18.0 Å². The Bertz CT molecular complexity index is 1280. The van der Waals surface area contributed by atoms with E-state index in [1.165, 1.54) is 12.4 Å². The zero-order valence-corrected chi connectivity index (χ0v) is 17.6. The Hall–Kier alpha value is -3.75. The van der Waals surface area contributed by atoms with Crippen molar-refractivity contribution in [2.24, 2.45) is 0 Å². The first kappa shape index (κ1) is 21.5. The number of amides is 1. The van der Waals surface area contributed by atoms with Gasteiger partial charge in [-0.05, 0) is 48.2 Å². The number of carbonyl (C=O) groups excluding carboxylic acids is 1. The number of anilines is 1. The van der Waals surface area contributed by atoms with Gasteiger partial charge in [0.05, 0.1) is 23.4 Å². The number of hydrogen-bond donors (Lipinski definition) is 1. The SMILES string of the molecule is Cc1ccc2c(c1)nc(C(F)(F)F)n2-c1cnc(NC(=O)c2ccc(C(C)C)cc2)cn1. The summed E-state index contributed by atoms with van der Waals surface area (Å²) >= 11 is 0. The first-order valence-electron chi connectivity index (χ1n) is 9.93. The Morgan fingerprint density at radius 2 is 1.75 bits per heavy atom. The van der Waals surface area contributed by atoms with E-state index < -0.39 is 12.0 Å². The van der Waals surface area contributed by atoms with E-state index in [1.54, 1.807) is 37.3 Å². The molecule has 1 amide bonds. The van der Waals surface area contributed by atoms with Crippen molar-refractivity contribution in [2.75, 3.05) is 5.32 Å². The molecule has 0 bridgehead atoms. The van der Waals surface area contributed by atoms with Gasteiger partial charge in [0.2, 0.25) is 5.82 Å². The molecule has 2 aromatic heterocycles. The number of imidazole rings is 1. The molecule has 32 heavy (non-hydrogen) atoms. The molecule has 4 aromatic rings. The Balaban J connectivity index is 1.63. The second-order valence-electron chi connectivity index (χ2n) is 7.75. The zero-order valence-electron chi connectivity index (χ0n) is 17.6. The molecule has 2 heterocycles. The maximum atomic E-state index is 13.6. The van der Waals surface area contributed by atoms with Crippen molar-refractivity contribution < 1.29 is 18.0 Å². The maximum Gasteiger partial charge on any atom is 0.450 e. The summed E-state index contributed by atoms with van der Waals surface area (Å²) in [4.78, 5) is 24.4. The second kappa shape index (κ2) is 8.07. The predicted molar refractivity (Wildman–Crippen MR) is 115 cm³/mol. The smallest absolute Gasteiger partial charge is 0.305 e. The number of nitrogens with one attached hydrogen (secondary N) is 1. The molecule has 6 nitrogen and oxygen atoms in total. The van der Waals surface area contributed by atoms with Crippen molar-refractivity contribution in [1.29, 1.82) is 0 Å². The van der Waals surface area contributed by atoms with Gasteiger partial charge in [0.25, 0.3) is 5.91 Å². The van der Waals surface area contributed by atoms with Gasteiger partial charge >= 0.3 is 6.18 Å². The Labute approximate surface area is 182 Å². The van der Waals surface area contributed by atoms with Crippen molar-refractivity contribution in [2.45, 2.75) is 32.9 Å². The summed E-state index contributed by atoms with van der Waals surface area (Å²) in [6.07, 6.45) is -2.28. The normalized spacial score (nSPS) is 11.8. The quantitative estimate of drug-likeness (QED) is 0.455. The fourth-order valence-electron chi connectivity index (χ4n) is 3.32. The fraction of sp³-hybridized carbons (Fsp3) is 0.217. The van der Waals surface area contributed by atoms with Crippen LogP contribution in [-0.4, -0.2) is 25.4 Å². The van der Waals surface area contributed by atoms with Crippen LogP contribution in [0.15, 0.2) is 54.9 Å². The third-order valence-electron chi connectivity index (χ3n) is 5.01. The summed E-state index contributed by atoms with van der Waals surface area (Å²) < 4.78 is 41.7. The predicted octanol–water partition coefficient (Wildman–Crippen LogP) is 5.52. The van der Waals surface area contributed by atoms with Crippen LogP contribution in [0.4, 0.5) is 19.0 Å². The van der Waals surface area contributed by atoms with Gasteiger partial charge in [0.15, 0.2) is 11.6 Å². The van der Waals surface area contributed by atoms with E-state index in [-0.39, 0.29) is 28.6 Å². The first-order chi connectivity index (χ1) is 15.1. The van der Waals surface area contributed by atoms with Crippen LogP contribution in [0.25, 0.3) is 16.9 Å². The van der Waals surface area contributed by atoms with Crippen molar-refractivity contribution in [1.82, 2.24) is 19.5 Å². The highest BCUT2D eigenvalue weighted by molar-refractivity contribution is 6.03. The van der Waals surface area contributed by atoms with Gasteiger partial charge in [-0.1, -0.05) is 32.0 Å². The third kappa shape index (κ3) is 4.18. The number of benzene rings is 2. The number of aryl methyl sites for hydroxylation is 1. The number of alkyl halides is 3. The average Bonchev–Trinajstić information content (AvgIpc) is 3.13. The average molecular weight is 439 g/mol. The lowest BCUT2D eigenvalue weighted by molar-refractivity contribution is -0.145. The number of aromatic nitrogens is 4. The summed E-state index contributed by atoms with van der Waals surface area (Å²) in [5.41, 5.74) is 2.81. The highest BCUT2D eigenvalue weighted by Crippen LogP contribution is 2.33. The number of rotatable bonds is 4. The monoisotopic (exact) mass is 439 g/mol. The Morgan fingerprint density at radius 1 is 1.03 bits per heavy atom. The number of halogens is 3. The van der Waals surface area contributed by atoms with Crippen LogP contribution in [0.2, 0.25) is 0 Å². The molecule has 0 atom stereocenters. The van der Waals surface area contributed by atoms with E-state index in [4.69, 9.17) is 0 Å². The van der Waals surface area contributed by atoms with Gasteiger partial charge in [-0.2, -0.15) is 13.2 Å². The van der Waals surface area contributed by atoms with Crippen LogP contribution in [0.3, 0.4) is 0 Å². The van der Waals surface area contributed by atoms with Crippen LogP contribution < -0.4 is 5.32 Å².